The minimum absolute atomic E-state index is 0.148. The topological polar surface area (TPSA) is 37.3 Å². The number of carbonyl (C=O) groups excluding carboxylic acids is 1. The van der Waals surface area contributed by atoms with Gasteiger partial charge in [0.2, 0.25) is 0 Å². The van der Waals surface area contributed by atoms with Crippen molar-refractivity contribution in [3.8, 4) is 0 Å². The van der Waals surface area contributed by atoms with Gasteiger partial charge in [-0.25, -0.2) is 0 Å². The second kappa shape index (κ2) is 2.90. The molecule has 0 bridgehead atoms. The number of aliphatic hydroxyl groups is 1. The van der Waals surface area contributed by atoms with E-state index in [9.17, 15) is 9.90 Å². The molecular formula is C14H22O2. The van der Waals surface area contributed by atoms with Crippen molar-refractivity contribution in [3.05, 3.63) is 0 Å². The Labute approximate surface area is 97.4 Å². The minimum atomic E-state index is -0.522. The Hall–Kier alpha value is -0.370. The lowest BCUT2D eigenvalue weighted by Crippen LogP contribution is -2.34. The first-order valence-electron chi connectivity index (χ1n) is 6.61. The first-order chi connectivity index (χ1) is 7.36. The van der Waals surface area contributed by atoms with E-state index in [0.29, 0.717) is 23.5 Å². The maximum Gasteiger partial charge on any atom is 0.136 e. The molecule has 3 aliphatic rings. The van der Waals surface area contributed by atoms with Gasteiger partial charge in [0.15, 0.2) is 0 Å². The van der Waals surface area contributed by atoms with Gasteiger partial charge >= 0.3 is 0 Å². The van der Waals surface area contributed by atoms with Gasteiger partial charge in [-0.3, -0.25) is 4.79 Å². The van der Waals surface area contributed by atoms with E-state index in [4.69, 9.17) is 0 Å². The number of Topliss-reactive ketones (excluding diaryl/α,β-unsaturated/α-hetero) is 1. The van der Waals surface area contributed by atoms with Gasteiger partial charge in [-0.15, -0.1) is 0 Å². The molecule has 0 radical (unpaired) electrons. The van der Waals surface area contributed by atoms with Gasteiger partial charge < -0.3 is 5.11 Å². The molecule has 2 heteroatoms. The van der Waals surface area contributed by atoms with Crippen molar-refractivity contribution in [2.24, 2.45) is 29.1 Å². The van der Waals surface area contributed by atoms with Crippen LogP contribution in [0, 0.1) is 29.1 Å². The van der Waals surface area contributed by atoms with E-state index in [1.165, 1.54) is 0 Å². The van der Waals surface area contributed by atoms with Gasteiger partial charge in [0, 0.05) is 12.3 Å². The third-order valence-corrected chi connectivity index (χ3v) is 5.65. The smallest absolute Gasteiger partial charge is 0.136 e. The highest BCUT2D eigenvalue weighted by Gasteiger charge is 2.69. The number of fused-ring (bicyclic) bond motifs is 3. The van der Waals surface area contributed by atoms with E-state index in [1.807, 2.05) is 6.92 Å². The van der Waals surface area contributed by atoms with Crippen LogP contribution in [0.4, 0.5) is 0 Å². The van der Waals surface area contributed by atoms with Crippen LogP contribution in [0.1, 0.15) is 46.5 Å². The molecule has 0 heterocycles. The first kappa shape index (κ1) is 10.8. The van der Waals surface area contributed by atoms with Crippen LogP contribution < -0.4 is 0 Å². The highest BCUT2D eigenvalue weighted by molar-refractivity contribution is 5.85. The maximum atomic E-state index is 12.0. The standard InChI is InChI=1S/C14H22O2/c1-13(2)11-9(15)5-4-8-6-7-14(3,16)10(8)12(11)13/h8,10-12,16H,4-7H2,1-3H3/t8-,10-,11+,12+,14+/m1/s1. The van der Waals surface area contributed by atoms with E-state index < -0.39 is 5.60 Å². The molecule has 16 heavy (non-hydrogen) atoms. The molecule has 0 spiro atoms. The summed E-state index contributed by atoms with van der Waals surface area (Å²) in [6.45, 7) is 6.40. The summed E-state index contributed by atoms with van der Waals surface area (Å²) in [7, 11) is 0. The molecule has 3 fully saturated rings. The lowest BCUT2D eigenvalue weighted by atomic mass is 9.79. The summed E-state index contributed by atoms with van der Waals surface area (Å²) < 4.78 is 0. The van der Waals surface area contributed by atoms with Crippen molar-refractivity contribution in [2.75, 3.05) is 0 Å². The average Bonchev–Trinajstić information content (AvgIpc) is 2.65. The fraction of sp³-hybridized carbons (Fsp3) is 0.929. The van der Waals surface area contributed by atoms with Crippen LogP contribution >= 0.6 is 0 Å². The number of ketones is 1. The van der Waals surface area contributed by atoms with Crippen molar-refractivity contribution in [3.63, 3.8) is 0 Å². The Kier molecular flexibility index (Phi) is 1.95. The summed E-state index contributed by atoms with van der Waals surface area (Å²) in [6.07, 6.45) is 3.81. The third-order valence-electron chi connectivity index (χ3n) is 5.65. The normalized spacial score (nSPS) is 54.1. The second-order valence-electron chi connectivity index (χ2n) is 7.01. The lowest BCUT2D eigenvalue weighted by Gasteiger charge is -2.30. The SMILES string of the molecule is CC1(C)[C@H]2[C@H]3[C@H](CCC(=O)[C@@H]21)CC[C@]3(C)O. The number of hydrogen-bond acceptors (Lipinski definition) is 2. The molecule has 0 aromatic carbocycles. The third kappa shape index (κ3) is 1.20. The zero-order chi connectivity index (χ0) is 11.7. The quantitative estimate of drug-likeness (QED) is 0.683. The Morgan fingerprint density at radius 2 is 1.88 bits per heavy atom. The van der Waals surface area contributed by atoms with Gasteiger partial charge in [-0.2, -0.15) is 0 Å². The van der Waals surface area contributed by atoms with E-state index in [2.05, 4.69) is 13.8 Å². The minimum Gasteiger partial charge on any atom is -0.390 e. The van der Waals surface area contributed by atoms with Crippen molar-refractivity contribution >= 4 is 5.78 Å². The number of hydrogen-bond donors (Lipinski definition) is 1. The van der Waals surface area contributed by atoms with Crippen LogP contribution in [0.5, 0.6) is 0 Å². The largest absolute Gasteiger partial charge is 0.390 e. The van der Waals surface area contributed by atoms with Gasteiger partial charge in [0.25, 0.3) is 0 Å². The van der Waals surface area contributed by atoms with Crippen LogP contribution in [-0.2, 0) is 4.79 Å². The van der Waals surface area contributed by atoms with Crippen LogP contribution in [0.3, 0.4) is 0 Å². The summed E-state index contributed by atoms with van der Waals surface area (Å²) in [4.78, 5) is 12.0. The molecule has 3 aliphatic carbocycles. The van der Waals surface area contributed by atoms with Crippen molar-refractivity contribution in [1.82, 2.24) is 0 Å². The van der Waals surface area contributed by atoms with Crippen LogP contribution in [0.25, 0.3) is 0 Å². The molecular weight excluding hydrogens is 200 g/mol. The molecule has 3 rings (SSSR count). The fourth-order valence-electron chi connectivity index (χ4n) is 4.78. The Balaban J connectivity index is 1.97. The van der Waals surface area contributed by atoms with Crippen LogP contribution in [0.15, 0.2) is 0 Å². The average molecular weight is 222 g/mol. The summed E-state index contributed by atoms with van der Waals surface area (Å²) in [5, 5.41) is 10.5. The molecule has 90 valence electrons. The predicted molar refractivity (Wildman–Crippen MR) is 61.8 cm³/mol. The monoisotopic (exact) mass is 222 g/mol. The zero-order valence-electron chi connectivity index (χ0n) is 10.5. The summed E-state index contributed by atoms with van der Waals surface area (Å²) in [5.41, 5.74) is -0.374. The molecule has 0 aliphatic heterocycles. The van der Waals surface area contributed by atoms with Crippen molar-refractivity contribution in [2.45, 2.75) is 52.1 Å². The molecule has 5 atom stereocenters. The highest BCUT2D eigenvalue weighted by atomic mass is 16.3. The number of carbonyl (C=O) groups is 1. The lowest BCUT2D eigenvalue weighted by molar-refractivity contribution is -0.121. The fourth-order valence-corrected chi connectivity index (χ4v) is 4.78. The van der Waals surface area contributed by atoms with Crippen LogP contribution in [0.2, 0.25) is 0 Å². The van der Waals surface area contributed by atoms with Crippen molar-refractivity contribution < 1.29 is 9.90 Å². The maximum absolute atomic E-state index is 12.0. The van der Waals surface area contributed by atoms with Gasteiger partial charge in [0.05, 0.1) is 5.60 Å². The van der Waals surface area contributed by atoms with Crippen LogP contribution in [-0.4, -0.2) is 16.5 Å². The predicted octanol–water partition coefficient (Wildman–Crippen LogP) is 2.40. The van der Waals surface area contributed by atoms with E-state index in [1.54, 1.807) is 0 Å². The van der Waals surface area contributed by atoms with E-state index in [-0.39, 0.29) is 11.3 Å². The molecule has 0 unspecified atom stereocenters. The molecule has 2 nitrogen and oxygen atoms in total. The molecule has 1 N–H and O–H groups in total. The highest BCUT2D eigenvalue weighted by Crippen LogP contribution is 2.69. The van der Waals surface area contributed by atoms with Gasteiger partial charge in [-0.05, 0) is 49.4 Å². The van der Waals surface area contributed by atoms with E-state index in [0.717, 1.165) is 25.7 Å². The summed E-state index contributed by atoms with van der Waals surface area (Å²) in [5.74, 6) is 2.12. The Morgan fingerprint density at radius 3 is 2.56 bits per heavy atom. The van der Waals surface area contributed by atoms with Gasteiger partial charge in [0.1, 0.15) is 5.78 Å². The molecule has 0 amide bonds. The summed E-state index contributed by atoms with van der Waals surface area (Å²) in [6, 6.07) is 0. The Bertz CT molecular complexity index is 343. The second-order valence-corrected chi connectivity index (χ2v) is 7.01. The Morgan fingerprint density at radius 1 is 1.19 bits per heavy atom. The molecule has 0 aromatic rings. The zero-order valence-corrected chi connectivity index (χ0v) is 10.5. The first-order valence-corrected chi connectivity index (χ1v) is 6.61. The molecule has 0 saturated heterocycles. The molecule has 3 saturated carbocycles. The van der Waals surface area contributed by atoms with E-state index >= 15 is 0 Å². The van der Waals surface area contributed by atoms with Gasteiger partial charge in [-0.1, -0.05) is 13.8 Å². The van der Waals surface area contributed by atoms with Crippen molar-refractivity contribution in [1.29, 1.82) is 0 Å². The number of rotatable bonds is 0. The molecule has 0 aromatic heterocycles. The summed E-state index contributed by atoms with van der Waals surface area (Å²) >= 11 is 0.